The van der Waals surface area contributed by atoms with Crippen molar-refractivity contribution in [1.29, 1.82) is 0 Å². The molecule has 1 aromatic carbocycles. The van der Waals surface area contributed by atoms with Crippen molar-refractivity contribution in [2.24, 2.45) is 0 Å². The number of pyridine rings is 1. The summed E-state index contributed by atoms with van der Waals surface area (Å²) >= 11 is 0. The van der Waals surface area contributed by atoms with Crippen LogP contribution in [0.2, 0.25) is 0 Å². The van der Waals surface area contributed by atoms with E-state index in [1.165, 1.54) is 37.6 Å². The van der Waals surface area contributed by atoms with E-state index in [9.17, 15) is 18.3 Å². The van der Waals surface area contributed by atoms with E-state index in [0.29, 0.717) is 17.7 Å². The van der Waals surface area contributed by atoms with Gasteiger partial charge in [0.05, 0.1) is 12.0 Å². The maximum atomic E-state index is 13.5. The minimum Gasteiger partial charge on any atom is -0.497 e. The third-order valence-electron chi connectivity index (χ3n) is 4.80. The van der Waals surface area contributed by atoms with E-state index in [2.05, 4.69) is 23.7 Å². The fourth-order valence-electron chi connectivity index (χ4n) is 3.04. The minimum absolute atomic E-state index is 0.116. The Morgan fingerprint density at radius 2 is 1.90 bits per heavy atom. The summed E-state index contributed by atoms with van der Waals surface area (Å²) in [5, 5.41) is 10.1. The van der Waals surface area contributed by atoms with Gasteiger partial charge in [0.1, 0.15) is 5.75 Å². The van der Waals surface area contributed by atoms with Gasteiger partial charge in [-0.25, -0.2) is 13.2 Å². The zero-order chi connectivity index (χ0) is 22.0. The predicted octanol–water partition coefficient (Wildman–Crippen LogP) is 3.90. The van der Waals surface area contributed by atoms with E-state index in [4.69, 9.17) is 4.74 Å². The first-order valence-corrected chi connectivity index (χ1v) is 11.4. The lowest BCUT2D eigenvalue weighted by molar-refractivity contribution is -0.138. The van der Waals surface area contributed by atoms with Gasteiger partial charge in [0.25, 0.3) is 0 Å². The molecule has 0 saturated carbocycles. The second-order valence-corrected chi connectivity index (χ2v) is 9.14. The molecule has 160 valence electrons. The number of carboxylic acid groups (broad SMARTS) is 1. The van der Waals surface area contributed by atoms with Crippen molar-refractivity contribution in [3.8, 4) is 17.6 Å². The van der Waals surface area contributed by atoms with Crippen LogP contribution in [0.1, 0.15) is 44.6 Å². The highest BCUT2D eigenvalue weighted by Gasteiger charge is 2.51. The molecule has 0 radical (unpaired) electrons. The molecule has 1 unspecified atom stereocenters. The molecule has 30 heavy (non-hydrogen) atoms. The SMILES string of the molecule is CCCCCCC#CC(Cc1cccnc1)(C(=O)O)S(=O)(=O)c1ccc(OC)cc1. The molecular weight excluding hydrogens is 402 g/mol. The molecule has 0 aliphatic rings. The van der Waals surface area contributed by atoms with Crippen molar-refractivity contribution < 1.29 is 23.1 Å². The van der Waals surface area contributed by atoms with Gasteiger partial charge in [-0.2, -0.15) is 0 Å². The van der Waals surface area contributed by atoms with Gasteiger partial charge in [0.2, 0.25) is 14.6 Å². The highest BCUT2D eigenvalue weighted by atomic mass is 32.2. The van der Waals surface area contributed by atoms with Crippen LogP contribution in [0.4, 0.5) is 0 Å². The van der Waals surface area contributed by atoms with Crippen LogP contribution in [0.15, 0.2) is 53.7 Å². The summed E-state index contributed by atoms with van der Waals surface area (Å²) < 4.78 is 29.8. The summed E-state index contributed by atoms with van der Waals surface area (Å²) in [6.45, 7) is 2.09. The normalized spacial score (nSPS) is 13.0. The number of carboxylic acids is 1. The molecule has 7 heteroatoms. The molecule has 6 nitrogen and oxygen atoms in total. The molecule has 0 saturated heterocycles. The van der Waals surface area contributed by atoms with E-state index in [0.717, 1.165) is 25.7 Å². The second-order valence-electron chi connectivity index (χ2n) is 6.96. The number of aromatic nitrogens is 1. The molecule has 2 aromatic rings. The van der Waals surface area contributed by atoms with E-state index in [1.54, 1.807) is 18.3 Å². The average molecular weight is 430 g/mol. The Kier molecular flexibility index (Phi) is 8.43. The molecule has 1 N–H and O–H groups in total. The van der Waals surface area contributed by atoms with Crippen molar-refractivity contribution >= 4 is 15.8 Å². The number of unbranched alkanes of at least 4 members (excludes halogenated alkanes) is 4. The molecular formula is C23H27NO5S. The maximum Gasteiger partial charge on any atom is 0.338 e. The zero-order valence-electron chi connectivity index (χ0n) is 17.3. The summed E-state index contributed by atoms with van der Waals surface area (Å²) in [6.07, 6.45) is 7.05. The number of carbonyl (C=O) groups is 1. The van der Waals surface area contributed by atoms with Gasteiger partial charge < -0.3 is 9.84 Å². The van der Waals surface area contributed by atoms with Crippen LogP contribution >= 0.6 is 0 Å². The van der Waals surface area contributed by atoms with Gasteiger partial charge in [-0.15, -0.1) is 5.92 Å². The molecule has 0 bridgehead atoms. The Morgan fingerprint density at radius 3 is 2.47 bits per heavy atom. The number of sulfone groups is 1. The van der Waals surface area contributed by atoms with Crippen molar-refractivity contribution in [2.75, 3.05) is 7.11 Å². The Hall–Kier alpha value is -2.85. The molecule has 0 aliphatic heterocycles. The van der Waals surface area contributed by atoms with Crippen molar-refractivity contribution in [3.63, 3.8) is 0 Å². The lowest BCUT2D eigenvalue weighted by atomic mass is 9.99. The average Bonchev–Trinajstić information content (AvgIpc) is 2.75. The van der Waals surface area contributed by atoms with Crippen molar-refractivity contribution in [1.82, 2.24) is 4.98 Å². The molecule has 1 aromatic heterocycles. The number of hydrogen-bond donors (Lipinski definition) is 1. The van der Waals surface area contributed by atoms with Gasteiger partial charge in [0, 0.05) is 25.2 Å². The maximum absolute atomic E-state index is 13.5. The molecule has 0 spiro atoms. The van der Waals surface area contributed by atoms with Crippen LogP contribution in [0.25, 0.3) is 0 Å². The Labute approximate surface area is 178 Å². The van der Waals surface area contributed by atoms with Crippen LogP contribution < -0.4 is 4.74 Å². The predicted molar refractivity (Wildman–Crippen MR) is 115 cm³/mol. The number of nitrogens with zero attached hydrogens (tertiary/aromatic N) is 1. The van der Waals surface area contributed by atoms with Gasteiger partial charge in [-0.1, -0.05) is 38.2 Å². The third kappa shape index (κ3) is 5.39. The summed E-state index contributed by atoms with van der Waals surface area (Å²) in [5.41, 5.74) is 0.484. The molecule has 0 fully saturated rings. The summed E-state index contributed by atoms with van der Waals surface area (Å²) in [6, 6.07) is 8.96. The van der Waals surface area contributed by atoms with Gasteiger partial charge >= 0.3 is 5.97 Å². The monoisotopic (exact) mass is 429 g/mol. The number of aliphatic carboxylic acids is 1. The zero-order valence-corrected chi connectivity index (χ0v) is 18.1. The van der Waals surface area contributed by atoms with Crippen molar-refractivity contribution in [2.45, 2.75) is 55.1 Å². The van der Waals surface area contributed by atoms with Crippen LogP contribution in [-0.4, -0.2) is 36.3 Å². The fraction of sp³-hybridized carbons (Fsp3) is 0.391. The van der Waals surface area contributed by atoms with Crippen LogP contribution in [0.5, 0.6) is 5.75 Å². The largest absolute Gasteiger partial charge is 0.497 e. The van der Waals surface area contributed by atoms with E-state index in [-0.39, 0.29) is 11.3 Å². The van der Waals surface area contributed by atoms with Crippen LogP contribution in [0, 0.1) is 11.8 Å². The topological polar surface area (TPSA) is 93.6 Å². The van der Waals surface area contributed by atoms with Crippen LogP contribution in [0.3, 0.4) is 0 Å². The number of ether oxygens (including phenoxy) is 1. The molecule has 0 amide bonds. The minimum atomic E-state index is -4.34. The number of hydrogen-bond acceptors (Lipinski definition) is 5. The van der Waals surface area contributed by atoms with Gasteiger partial charge in [-0.3, -0.25) is 4.98 Å². The summed E-state index contributed by atoms with van der Waals surface area (Å²) in [7, 11) is -2.87. The Morgan fingerprint density at radius 1 is 1.17 bits per heavy atom. The fourth-order valence-corrected chi connectivity index (χ4v) is 4.73. The van der Waals surface area contributed by atoms with Gasteiger partial charge in [-0.05, 0) is 42.3 Å². The van der Waals surface area contributed by atoms with Crippen molar-refractivity contribution in [3.05, 3.63) is 54.4 Å². The summed E-state index contributed by atoms with van der Waals surface area (Å²) in [4.78, 5) is 16.3. The van der Waals surface area contributed by atoms with E-state index < -0.39 is 20.6 Å². The van der Waals surface area contributed by atoms with E-state index in [1.807, 2.05) is 0 Å². The standard InChI is InChI=1S/C23H27NO5S/c1-3-4-5-6-7-8-15-23(22(25)26,17-19-10-9-16-24-18-19)30(27,28)21-13-11-20(29-2)12-14-21/h9-14,16,18H,3-7,17H2,1-2H3,(H,25,26). The Balaban J connectivity index is 2.51. The first-order chi connectivity index (χ1) is 14.4. The highest BCUT2D eigenvalue weighted by Crippen LogP contribution is 2.31. The molecule has 1 atom stereocenters. The first kappa shape index (κ1) is 23.4. The Bertz CT molecular complexity index is 991. The molecule has 1 heterocycles. The number of benzene rings is 1. The van der Waals surface area contributed by atoms with E-state index >= 15 is 0 Å². The quantitative estimate of drug-likeness (QED) is 0.455. The summed E-state index contributed by atoms with van der Waals surface area (Å²) in [5.74, 6) is 4.44. The highest BCUT2D eigenvalue weighted by molar-refractivity contribution is 7.94. The molecule has 0 aliphatic carbocycles. The second kappa shape index (κ2) is 10.8. The first-order valence-electron chi connectivity index (χ1n) is 9.88. The van der Waals surface area contributed by atoms with Gasteiger partial charge in [0.15, 0.2) is 0 Å². The number of rotatable bonds is 10. The molecule has 2 rings (SSSR count). The van der Waals surface area contributed by atoms with Crippen LogP contribution in [-0.2, 0) is 21.1 Å². The third-order valence-corrected chi connectivity index (χ3v) is 7.03. The number of methoxy groups -OCH3 is 1. The lowest BCUT2D eigenvalue weighted by Gasteiger charge is -2.24. The smallest absolute Gasteiger partial charge is 0.338 e. The lowest BCUT2D eigenvalue weighted by Crippen LogP contribution is -2.47.